The molecule has 0 aliphatic rings. The van der Waals surface area contributed by atoms with Crippen molar-refractivity contribution < 1.29 is 5.11 Å². The average Bonchev–Trinajstić information content (AvgIpc) is 2.17. The van der Waals surface area contributed by atoms with Gasteiger partial charge in [-0.1, -0.05) is 0 Å². The quantitative estimate of drug-likeness (QED) is 0.475. The summed E-state index contributed by atoms with van der Waals surface area (Å²) < 4.78 is 0. The molecular formula is C10H13N3OS. The Balaban J connectivity index is 2.90. The van der Waals surface area contributed by atoms with Crippen LogP contribution in [-0.2, 0) is 0 Å². The molecule has 0 amide bonds. The number of aliphatic hydroxyl groups excluding tert-OH is 1. The Labute approximate surface area is 93.4 Å². The van der Waals surface area contributed by atoms with Gasteiger partial charge in [0.2, 0.25) is 0 Å². The highest BCUT2D eigenvalue weighted by Crippen LogP contribution is 2.22. The summed E-state index contributed by atoms with van der Waals surface area (Å²) >= 11 is 1.49. The molecule has 0 fully saturated rings. The maximum Gasteiger partial charge on any atom is 0.126 e. The summed E-state index contributed by atoms with van der Waals surface area (Å²) in [4.78, 5) is 8.36. The lowest BCUT2D eigenvalue weighted by Crippen LogP contribution is -1.99. The van der Waals surface area contributed by atoms with Gasteiger partial charge >= 0.3 is 0 Å². The summed E-state index contributed by atoms with van der Waals surface area (Å²) in [6.07, 6.45) is 0.706. The lowest BCUT2D eigenvalue weighted by atomic mass is 10.3. The zero-order valence-corrected chi connectivity index (χ0v) is 9.63. The van der Waals surface area contributed by atoms with Gasteiger partial charge in [-0.15, -0.1) is 11.8 Å². The largest absolute Gasteiger partial charge is 0.396 e. The predicted octanol–water partition coefficient (Wildman–Crippen LogP) is 1.44. The molecule has 15 heavy (non-hydrogen) atoms. The van der Waals surface area contributed by atoms with Crippen LogP contribution in [0.1, 0.15) is 23.5 Å². The standard InChI is InChI=1S/C10H13N3OS/c1-7-9(6-11)10(13-8(2)12-7)15-5-3-4-14/h14H,3-5H2,1-2H3. The minimum Gasteiger partial charge on any atom is -0.396 e. The van der Waals surface area contributed by atoms with E-state index in [9.17, 15) is 0 Å². The number of aryl methyl sites for hydroxylation is 2. The van der Waals surface area contributed by atoms with E-state index in [4.69, 9.17) is 10.4 Å². The fourth-order valence-corrected chi connectivity index (χ4v) is 2.15. The molecule has 0 bridgehead atoms. The van der Waals surface area contributed by atoms with Gasteiger partial charge in [-0.2, -0.15) is 5.26 Å². The minimum atomic E-state index is 0.165. The lowest BCUT2D eigenvalue weighted by molar-refractivity contribution is 0.296. The number of aliphatic hydroxyl groups is 1. The molecule has 0 aromatic carbocycles. The van der Waals surface area contributed by atoms with Crippen LogP contribution >= 0.6 is 11.8 Å². The van der Waals surface area contributed by atoms with Crippen molar-refractivity contribution in [2.75, 3.05) is 12.4 Å². The van der Waals surface area contributed by atoms with Gasteiger partial charge < -0.3 is 5.11 Å². The molecule has 0 atom stereocenters. The van der Waals surface area contributed by atoms with E-state index in [0.717, 1.165) is 16.5 Å². The van der Waals surface area contributed by atoms with E-state index in [2.05, 4.69) is 16.0 Å². The molecule has 80 valence electrons. The van der Waals surface area contributed by atoms with E-state index in [-0.39, 0.29) is 6.61 Å². The molecule has 1 aromatic rings. The van der Waals surface area contributed by atoms with Gasteiger partial charge in [0.25, 0.3) is 0 Å². The molecular weight excluding hydrogens is 210 g/mol. The number of hydrogen-bond acceptors (Lipinski definition) is 5. The second-order valence-corrected chi connectivity index (χ2v) is 4.16. The Kier molecular flexibility index (Phi) is 4.53. The van der Waals surface area contributed by atoms with Crippen LogP contribution in [-0.4, -0.2) is 27.4 Å². The molecule has 0 aliphatic heterocycles. The molecule has 0 radical (unpaired) electrons. The first kappa shape index (κ1) is 12.0. The summed E-state index contributed by atoms with van der Waals surface area (Å²) in [7, 11) is 0. The van der Waals surface area contributed by atoms with E-state index in [1.54, 1.807) is 0 Å². The Morgan fingerprint density at radius 3 is 2.73 bits per heavy atom. The molecule has 1 N–H and O–H groups in total. The van der Waals surface area contributed by atoms with Crippen LogP contribution in [0.25, 0.3) is 0 Å². The van der Waals surface area contributed by atoms with Crippen LogP contribution in [0.15, 0.2) is 5.03 Å². The van der Waals surface area contributed by atoms with Gasteiger partial charge in [0, 0.05) is 12.4 Å². The Bertz CT molecular complexity index is 387. The van der Waals surface area contributed by atoms with Crippen molar-refractivity contribution in [2.45, 2.75) is 25.3 Å². The van der Waals surface area contributed by atoms with Gasteiger partial charge in [0.1, 0.15) is 22.5 Å². The van der Waals surface area contributed by atoms with Crippen LogP contribution < -0.4 is 0 Å². The van der Waals surface area contributed by atoms with Crippen LogP contribution in [0.3, 0.4) is 0 Å². The van der Waals surface area contributed by atoms with Crippen molar-refractivity contribution in [1.82, 2.24) is 9.97 Å². The highest BCUT2D eigenvalue weighted by Gasteiger charge is 2.09. The van der Waals surface area contributed by atoms with E-state index in [1.807, 2.05) is 13.8 Å². The zero-order valence-electron chi connectivity index (χ0n) is 8.82. The first-order chi connectivity index (χ1) is 7.19. The highest BCUT2D eigenvalue weighted by atomic mass is 32.2. The van der Waals surface area contributed by atoms with Crippen molar-refractivity contribution in [3.8, 4) is 6.07 Å². The van der Waals surface area contributed by atoms with Gasteiger partial charge in [-0.3, -0.25) is 0 Å². The molecule has 5 heteroatoms. The Morgan fingerprint density at radius 1 is 1.40 bits per heavy atom. The number of aromatic nitrogens is 2. The molecule has 4 nitrogen and oxygen atoms in total. The smallest absolute Gasteiger partial charge is 0.126 e. The zero-order chi connectivity index (χ0) is 11.3. The predicted molar refractivity (Wildman–Crippen MR) is 58.6 cm³/mol. The SMILES string of the molecule is Cc1nc(C)c(C#N)c(SCCCO)n1. The van der Waals surface area contributed by atoms with E-state index >= 15 is 0 Å². The van der Waals surface area contributed by atoms with Gasteiger partial charge in [-0.25, -0.2) is 9.97 Å². The molecule has 1 heterocycles. The van der Waals surface area contributed by atoms with Crippen molar-refractivity contribution in [2.24, 2.45) is 0 Å². The van der Waals surface area contributed by atoms with Gasteiger partial charge in [0.05, 0.1) is 5.69 Å². The third-order valence-corrected chi connectivity index (χ3v) is 2.88. The maximum absolute atomic E-state index is 8.95. The second-order valence-electron chi connectivity index (χ2n) is 3.07. The maximum atomic E-state index is 8.95. The van der Waals surface area contributed by atoms with Crippen molar-refractivity contribution in [3.63, 3.8) is 0 Å². The van der Waals surface area contributed by atoms with Crippen LogP contribution in [0.4, 0.5) is 0 Å². The number of nitrogens with zero attached hydrogens (tertiary/aromatic N) is 3. The third-order valence-electron chi connectivity index (χ3n) is 1.82. The highest BCUT2D eigenvalue weighted by molar-refractivity contribution is 7.99. The topological polar surface area (TPSA) is 69.8 Å². The molecule has 0 unspecified atom stereocenters. The summed E-state index contributed by atoms with van der Waals surface area (Å²) in [5.41, 5.74) is 1.26. The monoisotopic (exact) mass is 223 g/mol. The molecule has 1 rings (SSSR count). The van der Waals surface area contributed by atoms with Crippen molar-refractivity contribution >= 4 is 11.8 Å². The number of hydrogen-bond donors (Lipinski definition) is 1. The normalized spacial score (nSPS) is 10.0. The van der Waals surface area contributed by atoms with E-state index < -0.39 is 0 Å². The Morgan fingerprint density at radius 2 is 2.13 bits per heavy atom. The molecule has 1 aromatic heterocycles. The summed E-state index contributed by atoms with van der Waals surface area (Å²) in [5, 5.41) is 18.3. The molecule has 0 aliphatic carbocycles. The van der Waals surface area contributed by atoms with Crippen LogP contribution in [0.2, 0.25) is 0 Å². The third kappa shape index (κ3) is 3.18. The first-order valence-corrected chi connectivity index (χ1v) is 5.66. The van der Waals surface area contributed by atoms with Crippen molar-refractivity contribution in [3.05, 3.63) is 17.1 Å². The Hall–Kier alpha value is -1.12. The van der Waals surface area contributed by atoms with E-state index in [1.165, 1.54) is 11.8 Å². The number of rotatable bonds is 4. The van der Waals surface area contributed by atoms with E-state index in [0.29, 0.717) is 17.8 Å². The number of nitriles is 1. The van der Waals surface area contributed by atoms with Crippen molar-refractivity contribution in [1.29, 1.82) is 5.26 Å². The number of thioether (sulfide) groups is 1. The van der Waals surface area contributed by atoms with Crippen LogP contribution in [0.5, 0.6) is 0 Å². The molecule has 0 spiro atoms. The van der Waals surface area contributed by atoms with Gasteiger partial charge in [0.15, 0.2) is 0 Å². The van der Waals surface area contributed by atoms with Gasteiger partial charge in [-0.05, 0) is 20.3 Å². The average molecular weight is 223 g/mol. The summed E-state index contributed by atoms with van der Waals surface area (Å²) in [6.45, 7) is 3.78. The summed E-state index contributed by atoms with van der Waals surface area (Å²) in [5.74, 6) is 1.44. The fraction of sp³-hybridized carbons (Fsp3) is 0.500. The second kappa shape index (κ2) is 5.69. The molecule has 0 saturated carbocycles. The first-order valence-electron chi connectivity index (χ1n) is 4.68. The summed E-state index contributed by atoms with van der Waals surface area (Å²) in [6, 6.07) is 2.11. The lowest BCUT2D eigenvalue weighted by Gasteiger charge is -2.05. The fourth-order valence-electron chi connectivity index (χ4n) is 1.15. The van der Waals surface area contributed by atoms with Crippen LogP contribution in [0, 0.1) is 25.2 Å². The minimum absolute atomic E-state index is 0.165. The molecule has 0 saturated heterocycles.